The minimum atomic E-state index is -0.714. The van der Waals surface area contributed by atoms with Crippen LogP contribution in [0.25, 0.3) is 10.3 Å². The van der Waals surface area contributed by atoms with Gasteiger partial charge in [0.25, 0.3) is 0 Å². The van der Waals surface area contributed by atoms with E-state index in [1.165, 1.54) is 11.1 Å². The Labute approximate surface area is 248 Å². The molecule has 0 atom stereocenters. The molecule has 41 heavy (non-hydrogen) atoms. The minimum Gasteiger partial charge on any atom is -0.492 e. The molecule has 0 radical (unpaired) electrons. The van der Waals surface area contributed by atoms with Gasteiger partial charge in [0.2, 0.25) is 0 Å². The molecule has 0 spiro atoms. The van der Waals surface area contributed by atoms with E-state index in [1.54, 1.807) is 23.1 Å². The van der Waals surface area contributed by atoms with E-state index in [0.29, 0.717) is 43.2 Å². The zero-order chi connectivity index (χ0) is 27.9. The number of anilines is 2. The number of piperidine rings is 1. The summed E-state index contributed by atoms with van der Waals surface area (Å²) in [5, 5.41) is 16.3. The summed E-state index contributed by atoms with van der Waals surface area (Å²) in [6.07, 6.45) is 2.03. The van der Waals surface area contributed by atoms with Gasteiger partial charge in [-0.25, -0.2) is 9.97 Å². The highest BCUT2D eigenvalue weighted by Gasteiger charge is 2.34. The zero-order valence-electron chi connectivity index (χ0n) is 22.8. The summed E-state index contributed by atoms with van der Waals surface area (Å²) in [5.41, 5.74) is 2.38. The van der Waals surface area contributed by atoms with Crippen LogP contribution in [0.1, 0.15) is 24.0 Å². The monoisotopic (exact) mass is 583 g/mol. The van der Waals surface area contributed by atoms with E-state index >= 15 is 0 Å². The normalized spacial score (nSPS) is 14.7. The highest BCUT2D eigenvalue weighted by molar-refractivity contribution is 7.98. The van der Waals surface area contributed by atoms with Crippen LogP contribution in [0.15, 0.2) is 96.2 Å². The van der Waals surface area contributed by atoms with Crippen LogP contribution in [0.5, 0.6) is 5.75 Å². The van der Waals surface area contributed by atoms with Gasteiger partial charge in [-0.05, 0) is 36.1 Å². The van der Waals surface area contributed by atoms with E-state index in [9.17, 15) is 5.11 Å². The summed E-state index contributed by atoms with van der Waals surface area (Å²) in [7, 11) is 0. The molecule has 6 rings (SSSR count). The fourth-order valence-electron chi connectivity index (χ4n) is 5.00. The molecule has 3 aromatic carbocycles. The second-order valence-electron chi connectivity index (χ2n) is 10.2. The van der Waals surface area contributed by atoms with E-state index in [-0.39, 0.29) is 0 Å². The third-order valence-electron chi connectivity index (χ3n) is 7.19. The number of rotatable bonds is 11. The maximum absolute atomic E-state index is 11.4. The number of hydrogen-bond donors (Lipinski definition) is 2. The average Bonchev–Trinajstić information content (AvgIpc) is 3.43. The highest BCUT2D eigenvalue weighted by atomic mass is 32.2. The van der Waals surface area contributed by atoms with Crippen molar-refractivity contribution in [2.24, 2.45) is 0 Å². The Morgan fingerprint density at radius 2 is 1.51 bits per heavy atom. The standard InChI is InChI=1S/C32H33N5O2S2/c38-32(22-24-10-4-1-5-11-24)16-19-37(20-17-32)29-27-28(35-31(36-29)40-23-25-12-6-2-7-13-25)34-30(41-27)33-18-21-39-26-14-8-3-9-15-26/h1-15,38H,16-23H2,(H,33,34,35,36). The third-order valence-corrected chi connectivity index (χ3v) is 9.10. The van der Waals surface area contributed by atoms with Crippen LogP contribution < -0.4 is 15.0 Å². The van der Waals surface area contributed by atoms with Gasteiger partial charge in [-0.1, -0.05) is 102 Å². The molecule has 0 saturated carbocycles. The van der Waals surface area contributed by atoms with Crippen molar-refractivity contribution >= 4 is 44.4 Å². The second kappa shape index (κ2) is 12.9. The Morgan fingerprint density at radius 1 is 0.854 bits per heavy atom. The second-order valence-corrected chi connectivity index (χ2v) is 12.2. The number of fused-ring (bicyclic) bond motifs is 1. The first kappa shape index (κ1) is 27.5. The molecular formula is C32H33N5O2S2. The molecule has 0 bridgehead atoms. The minimum absolute atomic E-state index is 0.531. The molecule has 0 aliphatic carbocycles. The van der Waals surface area contributed by atoms with Crippen molar-refractivity contribution < 1.29 is 9.84 Å². The van der Waals surface area contributed by atoms with Crippen LogP contribution >= 0.6 is 23.1 Å². The predicted molar refractivity (Wildman–Crippen MR) is 168 cm³/mol. The van der Waals surface area contributed by atoms with Crippen molar-refractivity contribution in [1.82, 2.24) is 15.0 Å². The lowest BCUT2D eigenvalue weighted by Gasteiger charge is -2.39. The fourth-order valence-corrected chi connectivity index (χ4v) is 6.74. The zero-order valence-corrected chi connectivity index (χ0v) is 24.4. The van der Waals surface area contributed by atoms with Gasteiger partial charge in [-0.15, -0.1) is 0 Å². The Hall–Kier alpha value is -3.66. The number of hydrogen-bond acceptors (Lipinski definition) is 9. The quantitative estimate of drug-likeness (QED) is 0.104. The topological polar surface area (TPSA) is 83.4 Å². The summed E-state index contributed by atoms with van der Waals surface area (Å²) in [6, 6.07) is 30.4. The maximum Gasteiger partial charge on any atom is 0.191 e. The fraction of sp³-hybridized carbons (Fsp3) is 0.281. The van der Waals surface area contributed by atoms with Gasteiger partial charge in [0.05, 0.1) is 12.1 Å². The van der Waals surface area contributed by atoms with E-state index in [4.69, 9.17) is 19.7 Å². The number of aromatic nitrogens is 3. The van der Waals surface area contributed by atoms with Crippen molar-refractivity contribution in [3.05, 3.63) is 102 Å². The van der Waals surface area contributed by atoms with Gasteiger partial charge >= 0.3 is 0 Å². The number of nitrogens with one attached hydrogen (secondary N) is 1. The van der Waals surface area contributed by atoms with Gasteiger partial charge < -0.3 is 20.1 Å². The van der Waals surface area contributed by atoms with Crippen LogP contribution in [0.2, 0.25) is 0 Å². The predicted octanol–water partition coefficient (Wildman–Crippen LogP) is 6.44. The summed E-state index contributed by atoms with van der Waals surface area (Å²) in [4.78, 5) is 17.0. The lowest BCUT2D eigenvalue weighted by Crippen LogP contribution is -2.46. The number of thioether (sulfide) groups is 1. The first-order valence-corrected chi connectivity index (χ1v) is 15.7. The van der Waals surface area contributed by atoms with Crippen LogP contribution in [0, 0.1) is 0 Å². The molecule has 3 heterocycles. The van der Waals surface area contributed by atoms with Gasteiger partial charge in [0.1, 0.15) is 17.1 Å². The summed E-state index contributed by atoms with van der Waals surface area (Å²) in [5.74, 6) is 2.54. The highest BCUT2D eigenvalue weighted by Crippen LogP contribution is 2.37. The molecule has 9 heteroatoms. The van der Waals surface area contributed by atoms with Crippen molar-refractivity contribution in [2.45, 2.75) is 35.8 Å². The SMILES string of the molecule is OC1(Cc2ccccc2)CCN(c2nc(SCc3ccccc3)nc3nc(NCCOc4ccccc4)sc23)CC1. The smallest absolute Gasteiger partial charge is 0.191 e. The summed E-state index contributed by atoms with van der Waals surface area (Å²) >= 11 is 3.20. The molecule has 0 unspecified atom stereocenters. The number of nitrogens with zero attached hydrogens (tertiary/aromatic N) is 4. The number of benzene rings is 3. The van der Waals surface area contributed by atoms with Crippen LogP contribution in [-0.2, 0) is 12.2 Å². The summed E-state index contributed by atoms with van der Waals surface area (Å²) in [6.45, 7) is 2.61. The lowest BCUT2D eigenvalue weighted by molar-refractivity contribution is 0.0164. The number of ether oxygens (including phenoxy) is 1. The first-order chi connectivity index (χ1) is 20.1. The Kier molecular flexibility index (Phi) is 8.65. The molecule has 2 aromatic heterocycles. The molecule has 0 amide bonds. The molecule has 210 valence electrons. The molecule has 7 nitrogen and oxygen atoms in total. The Bertz CT molecular complexity index is 1540. The first-order valence-electron chi connectivity index (χ1n) is 13.9. The van der Waals surface area contributed by atoms with Gasteiger partial charge in [0.15, 0.2) is 21.8 Å². The average molecular weight is 584 g/mol. The Morgan fingerprint density at radius 3 is 2.22 bits per heavy atom. The van der Waals surface area contributed by atoms with Crippen molar-refractivity contribution in [2.75, 3.05) is 36.5 Å². The number of thiazole rings is 1. The molecular weight excluding hydrogens is 551 g/mol. The van der Waals surface area contributed by atoms with E-state index in [0.717, 1.165) is 40.2 Å². The molecule has 5 aromatic rings. The molecule has 1 aliphatic rings. The molecule has 1 saturated heterocycles. The van der Waals surface area contributed by atoms with E-state index < -0.39 is 5.60 Å². The van der Waals surface area contributed by atoms with Crippen molar-refractivity contribution in [1.29, 1.82) is 0 Å². The van der Waals surface area contributed by atoms with Gasteiger partial charge in [-0.3, -0.25) is 0 Å². The van der Waals surface area contributed by atoms with Gasteiger partial charge in [0, 0.05) is 25.3 Å². The Balaban J connectivity index is 1.18. The van der Waals surface area contributed by atoms with Gasteiger partial charge in [-0.2, -0.15) is 4.98 Å². The molecule has 1 aliphatic heterocycles. The maximum atomic E-state index is 11.4. The van der Waals surface area contributed by atoms with Crippen LogP contribution in [-0.4, -0.2) is 51.9 Å². The van der Waals surface area contributed by atoms with E-state index in [2.05, 4.69) is 46.6 Å². The van der Waals surface area contributed by atoms with Crippen LogP contribution in [0.3, 0.4) is 0 Å². The third kappa shape index (κ3) is 7.16. The van der Waals surface area contributed by atoms with E-state index in [1.807, 2.05) is 54.6 Å². The largest absolute Gasteiger partial charge is 0.492 e. The summed E-state index contributed by atoms with van der Waals surface area (Å²) < 4.78 is 6.79. The molecule has 2 N–H and O–H groups in total. The number of aliphatic hydroxyl groups is 1. The number of para-hydroxylation sites is 1. The van der Waals surface area contributed by atoms with Crippen molar-refractivity contribution in [3.63, 3.8) is 0 Å². The lowest BCUT2D eigenvalue weighted by atomic mass is 9.85. The van der Waals surface area contributed by atoms with Crippen LogP contribution in [0.4, 0.5) is 10.9 Å². The van der Waals surface area contributed by atoms with Crippen molar-refractivity contribution in [3.8, 4) is 5.75 Å². The molecule has 1 fully saturated rings.